The SMILES string of the molecule is CN(C)CC1CCN(c2ccc3c(n2)Cn2cc(-c4ccc(C#N)cc4)cc2-c2nncn2-3)C1. The van der Waals surface area contributed by atoms with Crippen LogP contribution in [0.5, 0.6) is 0 Å². The second kappa shape index (κ2) is 8.12. The fourth-order valence-corrected chi connectivity index (χ4v) is 5.17. The van der Waals surface area contributed by atoms with Crippen molar-refractivity contribution in [3.8, 4) is 34.4 Å². The van der Waals surface area contributed by atoms with Gasteiger partial charge in [0.25, 0.3) is 0 Å². The summed E-state index contributed by atoms with van der Waals surface area (Å²) >= 11 is 0. The van der Waals surface area contributed by atoms with Gasteiger partial charge in [-0.1, -0.05) is 12.1 Å². The van der Waals surface area contributed by atoms with Crippen molar-refractivity contribution >= 4 is 5.82 Å². The topological polar surface area (TPSA) is 78.8 Å². The van der Waals surface area contributed by atoms with Crippen LogP contribution in [0.15, 0.2) is 55.0 Å². The van der Waals surface area contributed by atoms with E-state index in [9.17, 15) is 0 Å². The highest BCUT2D eigenvalue weighted by Crippen LogP contribution is 2.34. The van der Waals surface area contributed by atoms with E-state index in [1.54, 1.807) is 6.33 Å². The Morgan fingerprint density at radius 3 is 2.76 bits per heavy atom. The third-order valence-electron chi connectivity index (χ3n) is 6.77. The van der Waals surface area contributed by atoms with Crippen molar-refractivity contribution in [2.45, 2.75) is 13.0 Å². The molecule has 1 unspecified atom stereocenters. The molecule has 0 aliphatic carbocycles. The van der Waals surface area contributed by atoms with Crippen molar-refractivity contribution in [1.82, 2.24) is 29.2 Å². The van der Waals surface area contributed by atoms with Crippen LogP contribution in [-0.2, 0) is 6.54 Å². The Balaban J connectivity index is 1.36. The smallest absolute Gasteiger partial charge is 0.185 e. The first-order chi connectivity index (χ1) is 16.6. The van der Waals surface area contributed by atoms with Gasteiger partial charge in [-0.05, 0) is 62.3 Å². The Morgan fingerprint density at radius 2 is 1.97 bits per heavy atom. The second-order valence-electron chi connectivity index (χ2n) is 9.45. The van der Waals surface area contributed by atoms with Crippen LogP contribution in [0.1, 0.15) is 17.7 Å². The standard InChI is InChI=1S/C26H26N8/c1-31(2)13-19-9-10-32(14-19)25-8-7-23-22(29-25)16-33-15-21(20-5-3-18(12-27)4-6-20)11-24(33)26-30-28-17-34(23)26/h3-8,11,15,17,19H,9-10,13-14,16H2,1-2H3. The van der Waals surface area contributed by atoms with Crippen molar-refractivity contribution < 1.29 is 0 Å². The minimum atomic E-state index is 0.657. The zero-order valence-electron chi connectivity index (χ0n) is 19.4. The van der Waals surface area contributed by atoms with E-state index in [0.717, 1.165) is 59.5 Å². The Kier molecular flexibility index (Phi) is 4.93. The van der Waals surface area contributed by atoms with Crippen LogP contribution in [0.4, 0.5) is 5.82 Å². The van der Waals surface area contributed by atoms with Gasteiger partial charge in [0.15, 0.2) is 5.82 Å². The van der Waals surface area contributed by atoms with Crippen molar-refractivity contribution in [1.29, 1.82) is 5.26 Å². The molecule has 1 saturated heterocycles. The molecule has 3 aromatic heterocycles. The van der Waals surface area contributed by atoms with Gasteiger partial charge in [-0.3, -0.25) is 4.57 Å². The summed E-state index contributed by atoms with van der Waals surface area (Å²) in [5.41, 5.74) is 5.84. The number of aromatic nitrogens is 5. The zero-order chi connectivity index (χ0) is 23.2. The molecule has 8 nitrogen and oxygen atoms in total. The van der Waals surface area contributed by atoms with Crippen molar-refractivity contribution in [2.24, 2.45) is 5.92 Å². The van der Waals surface area contributed by atoms with Gasteiger partial charge < -0.3 is 14.4 Å². The van der Waals surface area contributed by atoms with Crippen molar-refractivity contribution in [2.75, 3.05) is 38.6 Å². The molecule has 1 atom stereocenters. The van der Waals surface area contributed by atoms with E-state index < -0.39 is 0 Å². The molecule has 2 aliphatic heterocycles. The number of hydrogen-bond donors (Lipinski definition) is 0. The average molecular weight is 451 g/mol. The van der Waals surface area contributed by atoms with Crippen LogP contribution in [-0.4, -0.2) is 62.9 Å². The lowest BCUT2D eigenvalue weighted by atomic mass is 10.1. The summed E-state index contributed by atoms with van der Waals surface area (Å²) in [4.78, 5) is 9.81. The van der Waals surface area contributed by atoms with Crippen LogP contribution >= 0.6 is 0 Å². The van der Waals surface area contributed by atoms with Gasteiger partial charge in [-0.25, -0.2) is 4.98 Å². The molecule has 5 heterocycles. The van der Waals surface area contributed by atoms with E-state index in [1.807, 2.05) is 28.8 Å². The molecular weight excluding hydrogens is 424 g/mol. The van der Waals surface area contributed by atoms with Gasteiger partial charge in [-0.15, -0.1) is 10.2 Å². The molecule has 6 rings (SSSR count). The molecule has 1 fully saturated rings. The van der Waals surface area contributed by atoms with Gasteiger partial charge in [0.1, 0.15) is 12.1 Å². The summed E-state index contributed by atoms with van der Waals surface area (Å²) in [6, 6.07) is 16.3. The minimum absolute atomic E-state index is 0.657. The maximum Gasteiger partial charge on any atom is 0.185 e. The molecule has 34 heavy (non-hydrogen) atoms. The number of benzene rings is 1. The molecule has 1 aromatic carbocycles. The number of rotatable bonds is 4. The lowest BCUT2D eigenvalue weighted by molar-refractivity contribution is 0.340. The Morgan fingerprint density at radius 1 is 1.12 bits per heavy atom. The Bertz CT molecular complexity index is 1390. The summed E-state index contributed by atoms with van der Waals surface area (Å²) in [7, 11) is 4.28. The quantitative estimate of drug-likeness (QED) is 0.418. The highest BCUT2D eigenvalue weighted by atomic mass is 15.3. The molecule has 0 amide bonds. The molecular formula is C26H26N8. The lowest BCUT2D eigenvalue weighted by Gasteiger charge is -2.20. The maximum absolute atomic E-state index is 9.11. The minimum Gasteiger partial charge on any atom is -0.356 e. The fourth-order valence-electron chi connectivity index (χ4n) is 5.17. The maximum atomic E-state index is 9.11. The number of pyridine rings is 1. The van der Waals surface area contributed by atoms with E-state index in [4.69, 9.17) is 10.2 Å². The predicted octanol–water partition coefficient (Wildman–Crippen LogP) is 3.42. The first-order valence-electron chi connectivity index (χ1n) is 11.6. The first kappa shape index (κ1) is 20.6. The van der Waals surface area contributed by atoms with E-state index in [2.05, 4.69) is 69.1 Å². The van der Waals surface area contributed by atoms with Crippen molar-refractivity contribution in [3.05, 3.63) is 66.2 Å². The van der Waals surface area contributed by atoms with E-state index >= 15 is 0 Å². The Labute approximate surface area is 198 Å². The number of nitriles is 1. The van der Waals surface area contributed by atoms with Crippen LogP contribution in [0.25, 0.3) is 28.3 Å². The van der Waals surface area contributed by atoms with E-state index in [0.29, 0.717) is 18.0 Å². The first-order valence-corrected chi connectivity index (χ1v) is 11.6. The molecule has 0 radical (unpaired) electrons. The fraction of sp³-hybridized carbons (Fsp3) is 0.308. The Hall–Kier alpha value is -3.96. The van der Waals surface area contributed by atoms with Crippen LogP contribution in [0, 0.1) is 17.2 Å². The highest BCUT2D eigenvalue weighted by molar-refractivity contribution is 5.71. The van der Waals surface area contributed by atoms with Gasteiger partial charge in [0, 0.05) is 31.4 Å². The summed E-state index contributed by atoms with van der Waals surface area (Å²) in [5.74, 6) is 2.52. The normalized spacial score (nSPS) is 16.6. The summed E-state index contributed by atoms with van der Waals surface area (Å²) < 4.78 is 4.24. The van der Waals surface area contributed by atoms with Gasteiger partial charge in [-0.2, -0.15) is 5.26 Å². The van der Waals surface area contributed by atoms with Gasteiger partial charge in [0.2, 0.25) is 0 Å². The van der Waals surface area contributed by atoms with Gasteiger partial charge >= 0.3 is 0 Å². The van der Waals surface area contributed by atoms with Crippen LogP contribution < -0.4 is 4.90 Å². The van der Waals surface area contributed by atoms with Crippen LogP contribution in [0.2, 0.25) is 0 Å². The third kappa shape index (κ3) is 3.55. The van der Waals surface area contributed by atoms with E-state index in [1.165, 1.54) is 6.42 Å². The monoisotopic (exact) mass is 450 g/mol. The molecule has 0 N–H and O–H groups in total. The highest BCUT2D eigenvalue weighted by Gasteiger charge is 2.27. The van der Waals surface area contributed by atoms with Gasteiger partial charge in [0.05, 0.1) is 35.3 Å². The summed E-state index contributed by atoms with van der Waals surface area (Å²) in [5, 5.41) is 17.8. The van der Waals surface area contributed by atoms with Crippen LogP contribution in [0.3, 0.4) is 0 Å². The number of anilines is 1. The molecule has 0 saturated carbocycles. The molecule has 2 aliphatic rings. The molecule has 4 aromatic rings. The predicted molar refractivity (Wildman–Crippen MR) is 131 cm³/mol. The number of nitrogens with zero attached hydrogens (tertiary/aromatic N) is 8. The average Bonchev–Trinajstić information content (AvgIpc) is 3.57. The molecule has 0 bridgehead atoms. The summed E-state index contributed by atoms with van der Waals surface area (Å²) in [6.07, 6.45) is 5.10. The lowest BCUT2D eigenvalue weighted by Crippen LogP contribution is -2.26. The summed E-state index contributed by atoms with van der Waals surface area (Å²) in [6.45, 7) is 3.85. The second-order valence-corrected chi connectivity index (χ2v) is 9.45. The zero-order valence-corrected chi connectivity index (χ0v) is 19.4. The third-order valence-corrected chi connectivity index (χ3v) is 6.77. The molecule has 0 spiro atoms. The van der Waals surface area contributed by atoms with Crippen molar-refractivity contribution in [3.63, 3.8) is 0 Å². The molecule has 170 valence electrons. The number of hydrogen-bond acceptors (Lipinski definition) is 6. The van der Waals surface area contributed by atoms with E-state index in [-0.39, 0.29) is 0 Å². The number of fused-ring (bicyclic) bond motifs is 5. The molecule has 8 heteroatoms. The largest absolute Gasteiger partial charge is 0.356 e.